The van der Waals surface area contributed by atoms with Crippen LogP contribution in [0.4, 0.5) is 0 Å². The van der Waals surface area contributed by atoms with Crippen molar-refractivity contribution in [3.63, 3.8) is 0 Å². The molecule has 2 heterocycles. The van der Waals surface area contributed by atoms with E-state index < -0.39 is 0 Å². The molecule has 0 atom stereocenters. The fraction of sp³-hybridized carbons (Fsp3) is 0.318. The van der Waals surface area contributed by atoms with Crippen LogP contribution in [0.1, 0.15) is 41.9 Å². The molecule has 1 saturated carbocycles. The zero-order valence-electron chi connectivity index (χ0n) is 15.4. The number of hydrogen-bond donors (Lipinski definition) is 2. The molecule has 1 aliphatic rings. The Morgan fingerprint density at radius 2 is 1.96 bits per heavy atom. The first-order chi connectivity index (χ1) is 13.1. The summed E-state index contributed by atoms with van der Waals surface area (Å²) >= 11 is 0. The van der Waals surface area contributed by atoms with Gasteiger partial charge in [0.15, 0.2) is 0 Å². The summed E-state index contributed by atoms with van der Waals surface area (Å²) in [6, 6.07) is 11.9. The van der Waals surface area contributed by atoms with Crippen LogP contribution in [0.25, 0.3) is 11.1 Å². The predicted molar refractivity (Wildman–Crippen MR) is 105 cm³/mol. The maximum absolute atomic E-state index is 12.4. The number of rotatable bonds is 6. The summed E-state index contributed by atoms with van der Waals surface area (Å²) in [5.74, 6) is 1.19. The van der Waals surface area contributed by atoms with Crippen molar-refractivity contribution in [3.05, 3.63) is 75.6 Å². The SMILES string of the molecule is Cc1ncccc1-c1ccc(Cc2c(O)nc(CCC3CC3)[nH]c2=O)cc1. The minimum atomic E-state index is -0.250. The Bertz CT molecular complexity index is 1000. The lowest BCUT2D eigenvalue weighted by Gasteiger charge is -2.08. The van der Waals surface area contributed by atoms with Gasteiger partial charge in [-0.3, -0.25) is 9.78 Å². The number of hydrogen-bond acceptors (Lipinski definition) is 4. The molecular formula is C22H23N3O2. The monoisotopic (exact) mass is 361 g/mol. The van der Waals surface area contributed by atoms with Crippen LogP contribution in [0.2, 0.25) is 0 Å². The Labute approximate surface area is 158 Å². The van der Waals surface area contributed by atoms with Gasteiger partial charge in [-0.25, -0.2) is 4.98 Å². The molecule has 4 rings (SSSR count). The van der Waals surface area contributed by atoms with Crippen molar-refractivity contribution in [1.29, 1.82) is 0 Å². The second-order valence-electron chi connectivity index (χ2n) is 7.31. The molecule has 1 aliphatic carbocycles. The summed E-state index contributed by atoms with van der Waals surface area (Å²) in [5.41, 5.74) is 4.16. The Hall–Kier alpha value is -2.95. The molecule has 5 nitrogen and oxygen atoms in total. The summed E-state index contributed by atoms with van der Waals surface area (Å²) in [6.45, 7) is 1.98. The quantitative estimate of drug-likeness (QED) is 0.700. The number of nitrogens with zero attached hydrogens (tertiary/aromatic N) is 2. The molecule has 2 aromatic heterocycles. The van der Waals surface area contributed by atoms with Crippen molar-refractivity contribution in [2.75, 3.05) is 0 Å². The van der Waals surface area contributed by atoms with Gasteiger partial charge in [0, 0.05) is 30.3 Å². The predicted octanol–water partition coefficient (Wildman–Crippen LogP) is 3.78. The van der Waals surface area contributed by atoms with Gasteiger partial charge < -0.3 is 10.1 Å². The van der Waals surface area contributed by atoms with Gasteiger partial charge in [-0.2, -0.15) is 0 Å². The third kappa shape index (κ3) is 4.08. The van der Waals surface area contributed by atoms with E-state index in [4.69, 9.17) is 0 Å². The van der Waals surface area contributed by atoms with Crippen LogP contribution in [0.5, 0.6) is 5.88 Å². The van der Waals surface area contributed by atoms with E-state index in [0.717, 1.165) is 34.7 Å². The lowest BCUT2D eigenvalue weighted by molar-refractivity contribution is 0.440. The Morgan fingerprint density at radius 1 is 1.19 bits per heavy atom. The summed E-state index contributed by atoms with van der Waals surface area (Å²) < 4.78 is 0. The molecule has 0 aliphatic heterocycles. The second-order valence-corrected chi connectivity index (χ2v) is 7.31. The van der Waals surface area contributed by atoms with Crippen molar-refractivity contribution in [2.45, 2.75) is 39.0 Å². The van der Waals surface area contributed by atoms with Gasteiger partial charge in [0.2, 0.25) is 5.88 Å². The minimum absolute atomic E-state index is 0.156. The Morgan fingerprint density at radius 3 is 2.63 bits per heavy atom. The molecule has 138 valence electrons. The van der Waals surface area contributed by atoms with Crippen LogP contribution in [0.3, 0.4) is 0 Å². The highest BCUT2D eigenvalue weighted by Crippen LogP contribution is 2.33. The Balaban J connectivity index is 1.51. The zero-order chi connectivity index (χ0) is 18.8. The maximum Gasteiger partial charge on any atom is 0.258 e. The minimum Gasteiger partial charge on any atom is -0.493 e. The molecule has 27 heavy (non-hydrogen) atoms. The number of aromatic amines is 1. The lowest BCUT2D eigenvalue weighted by atomic mass is 10.0. The van der Waals surface area contributed by atoms with Crippen molar-refractivity contribution in [2.24, 2.45) is 5.92 Å². The first kappa shape index (κ1) is 17.5. The normalized spacial score (nSPS) is 13.7. The molecule has 3 aromatic rings. The van der Waals surface area contributed by atoms with Gasteiger partial charge in [-0.05, 0) is 36.5 Å². The van der Waals surface area contributed by atoms with E-state index in [1.54, 1.807) is 6.20 Å². The molecule has 0 bridgehead atoms. The highest BCUT2D eigenvalue weighted by molar-refractivity contribution is 5.65. The van der Waals surface area contributed by atoms with Gasteiger partial charge >= 0.3 is 0 Å². The van der Waals surface area contributed by atoms with Crippen LogP contribution in [-0.2, 0) is 12.8 Å². The molecular weight excluding hydrogens is 338 g/mol. The third-order valence-corrected chi connectivity index (χ3v) is 5.18. The van der Waals surface area contributed by atoms with E-state index >= 15 is 0 Å². The number of nitrogens with one attached hydrogen (secondary N) is 1. The largest absolute Gasteiger partial charge is 0.493 e. The maximum atomic E-state index is 12.4. The number of aryl methyl sites for hydroxylation is 2. The van der Waals surface area contributed by atoms with Gasteiger partial charge in [-0.1, -0.05) is 43.2 Å². The molecule has 0 radical (unpaired) electrons. The lowest BCUT2D eigenvalue weighted by Crippen LogP contribution is -2.17. The molecule has 1 aromatic carbocycles. The van der Waals surface area contributed by atoms with Gasteiger partial charge in [0.25, 0.3) is 5.56 Å². The van der Waals surface area contributed by atoms with Gasteiger partial charge in [-0.15, -0.1) is 0 Å². The third-order valence-electron chi connectivity index (χ3n) is 5.18. The number of aromatic nitrogens is 3. The highest BCUT2D eigenvalue weighted by Gasteiger charge is 2.21. The number of pyridine rings is 1. The van der Waals surface area contributed by atoms with E-state index in [1.807, 2.05) is 43.3 Å². The zero-order valence-corrected chi connectivity index (χ0v) is 15.4. The van der Waals surface area contributed by atoms with E-state index in [1.165, 1.54) is 12.8 Å². The van der Waals surface area contributed by atoms with Crippen LogP contribution in [0.15, 0.2) is 47.4 Å². The van der Waals surface area contributed by atoms with Crippen molar-refractivity contribution >= 4 is 0 Å². The molecule has 0 unspecified atom stereocenters. The molecule has 0 amide bonds. The van der Waals surface area contributed by atoms with Crippen LogP contribution in [0, 0.1) is 12.8 Å². The molecule has 2 N–H and O–H groups in total. The first-order valence-corrected chi connectivity index (χ1v) is 9.42. The van der Waals surface area contributed by atoms with Crippen LogP contribution < -0.4 is 5.56 Å². The molecule has 5 heteroatoms. The highest BCUT2D eigenvalue weighted by atomic mass is 16.3. The summed E-state index contributed by atoms with van der Waals surface area (Å²) in [4.78, 5) is 23.7. The second kappa shape index (κ2) is 7.35. The van der Waals surface area contributed by atoms with Crippen LogP contribution in [-0.4, -0.2) is 20.1 Å². The van der Waals surface area contributed by atoms with E-state index in [9.17, 15) is 9.90 Å². The molecule has 0 spiro atoms. The number of aromatic hydroxyl groups is 1. The fourth-order valence-corrected chi connectivity index (χ4v) is 3.35. The average Bonchev–Trinajstić information content (AvgIpc) is 3.49. The summed E-state index contributed by atoms with van der Waals surface area (Å²) in [6.07, 6.45) is 6.41. The van der Waals surface area contributed by atoms with E-state index in [2.05, 4.69) is 15.0 Å². The standard InChI is InChI=1S/C22H23N3O2/c1-14-18(3-2-12-23-14)17-9-6-16(7-10-17)13-19-21(26)24-20(25-22(19)27)11-8-15-4-5-15/h2-3,6-7,9-10,12,15H,4-5,8,11,13H2,1H3,(H2,24,25,26,27). The van der Waals surface area contributed by atoms with Gasteiger partial charge in [0.1, 0.15) is 5.82 Å². The topological polar surface area (TPSA) is 78.9 Å². The van der Waals surface area contributed by atoms with E-state index in [0.29, 0.717) is 24.2 Å². The molecule has 0 saturated heterocycles. The smallest absolute Gasteiger partial charge is 0.258 e. The fourth-order valence-electron chi connectivity index (χ4n) is 3.35. The summed E-state index contributed by atoms with van der Waals surface area (Å²) in [7, 11) is 0. The number of benzene rings is 1. The number of H-pyrrole nitrogens is 1. The van der Waals surface area contributed by atoms with Gasteiger partial charge in [0.05, 0.1) is 5.56 Å². The Kier molecular flexibility index (Phi) is 4.75. The van der Waals surface area contributed by atoms with Crippen molar-refractivity contribution in [3.8, 4) is 17.0 Å². The molecule has 1 fully saturated rings. The van der Waals surface area contributed by atoms with E-state index in [-0.39, 0.29) is 11.4 Å². The van der Waals surface area contributed by atoms with Crippen molar-refractivity contribution < 1.29 is 5.11 Å². The average molecular weight is 361 g/mol. The summed E-state index contributed by atoms with van der Waals surface area (Å²) in [5, 5.41) is 10.2. The first-order valence-electron chi connectivity index (χ1n) is 9.42. The van der Waals surface area contributed by atoms with Crippen molar-refractivity contribution in [1.82, 2.24) is 15.0 Å². The van der Waals surface area contributed by atoms with Crippen LogP contribution >= 0.6 is 0 Å².